The molecule has 18 heavy (non-hydrogen) atoms. The average Bonchev–Trinajstić information content (AvgIpc) is 2.95. The molecule has 0 amide bonds. The normalized spacial score (nSPS) is 20.0. The van der Waals surface area contributed by atoms with Crippen LogP contribution in [0.3, 0.4) is 0 Å². The molecular weight excluding hydrogens is 233 g/mol. The number of rotatable bonds is 4. The van der Waals surface area contributed by atoms with Crippen molar-refractivity contribution in [2.75, 3.05) is 5.32 Å². The molecule has 0 saturated heterocycles. The van der Waals surface area contributed by atoms with Crippen molar-refractivity contribution in [2.45, 2.75) is 39.2 Å². The SMILES string of the molecule is Cc1cc(F)cc(NC(C)(C(=O)O)C2(C)CC2)c1. The number of aliphatic carboxylic acids is 1. The highest BCUT2D eigenvalue weighted by Crippen LogP contribution is 2.54. The molecule has 0 aliphatic heterocycles. The Morgan fingerprint density at radius 2 is 2.06 bits per heavy atom. The van der Waals surface area contributed by atoms with Gasteiger partial charge in [0.15, 0.2) is 0 Å². The molecule has 0 radical (unpaired) electrons. The first-order valence-electron chi connectivity index (χ1n) is 6.06. The van der Waals surface area contributed by atoms with Crippen LogP contribution in [-0.4, -0.2) is 16.6 Å². The zero-order valence-electron chi connectivity index (χ0n) is 10.9. The van der Waals surface area contributed by atoms with Crippen LogP contribution in [0, 0.1) is 18.2 Å². The van der Waals surface area contributed by atoms with E-state index in [2.05, 4.69) is 5.32 Å². The van der Waals surface area contributed by atoms with Crippen molar-refractivity contribution in [3.63, 3.8) is 0 Å². The Bertz CT molecular complexity index is 476. The van der Waals surface area contributed by atoms with Crippen LogP contribution < -0.4 is 5.32 Å². The van der Waals surface area contributed by atoms with Crippen LogP contribution in [0.2, 0.25) is 0 Å². The maximum Gasteiger partial charge on any atom is 0.329 e. The number of halogens is 1. The molecule has 98 valence electrons. The van der Waals surface area contributed by atoms with Gasteiger partial charge in [0.05, 0.1) is 0 Å². The number of anilines is 1. The second-order valence-electron chi connectivity index (χ2n) is 5.63. The van der Waals surface area contributed by atoms with Crippen LogP contribution in [-0.2, 0) is 4.79 Å². The molecule has 3 nitrogen and oxygen atoms in total. The first-order valence-corrected chi connectivity index (χ1v) is 6.06. The van der Waals surface area contributed by atoms with E-state index in [0.717, 1.165) is 18.4 Å². The van der Waals surface area contributed by atoms with Crippen molar-refractivity contribution in [1.82, 2.24) is 0 Å². The fourth-order valence-corrected chi connectivity index (χ4v) is 2.25. The molecule has 4 heteroatoms. The lowest BCUT2D eigenvalue weighted by molar-refractivity contribution is -0.144. The molecule has 2 rings (SSSR count). The fourth-order valence-electron chi connectivity index (χ4n) is 2.25. The standard InChI is InChI=1S/C14H18FNO2/c1-9-6-10(15)8-11(7-9)16-14(3,12(17)18)13(2)4-5-13/h6-8,16H,4-5H2,1-3H3,(H,17,18). The topological polar surface area (TPSA) is 49.3 Å². The molecule has 0 bridgehead atoms. The summed E-state index contributed by atoms with van der Waals surface area (Å²) in [6.45, 7) is 5.40. The second kappa shape index (κ2) is 3.97. The predicted molar refractivity (Wildman–Crippen MR) is 68.1 cm³/mol. The van der Waals surface area contributed by atoms with Crippen molar-refractivity contribution < 1.29 is 14.3 Å². The number of benzene rings is 1. The Labute approximate surface area is 106 Å². The van der Waals surface area contributed by atoms with E-state index < -0.39 is 11.5 Å². The molecule has 1 unspecified atom stereocenters. The lowest BCUT2D eigenvalue weighted by Gasteiger charge is -2.34. The highest BCUT2D eigenvalue weighted by Gasteiger charge is 2.57. The highest BCUT2D eigenvalue weighted by molar-refractivity contribution is 5.84. The summed E-state index contributed by atoms with van der Waals surface area (Å²) in [7, 11) is 0. The van der Waals surface area contributed by atoms with E-state index in [0.29, 0.717) is 5.69 Å². The van der Waals surface area contributed by atoms with Gasteiger partial charge in [-0.05, 0) is 50.5 Å². The van der Waals surface area contributed by atoms with Gasteiger partial charge in [-0.25, -0.2) is 9.18 Å². The average molecular weight is 251 g/mol. The number of nitrogens with one attached hydrogen (secondary N) is 1. The van der Waals surface area contributed by atoms with Crippen LogP contribution in [0.4, 0.5) is 10.1 Å². The molecule has 0 spiro atoms. The van der Waals surface area contributed by atoms with Crippen LogP contribution >= 0.6 is 0 Å². The number of hydrogen-bond acceptors (Lipinski definition) is 2. The third-order valence-electron chi connectivity index (χ3n) is 4.07. The first-order chi connectivity index (χ1) is 8.27. The number of aryl methyl sites for hydroxylation is 1. The number of carboxylic acid groups (broad SMARTS) is 1. The summed E-state index contributed by atoms with van der Waals surface area (Å²) in [5.41, 5.74) is -0.0385. The lowest BCUT2D eigenvalue weighted by atomic mass is 9.83. The van der Waals surface area contributed by atoms with Gasteiger partial charge >= 0.3 is 5.97 Å². The van der Waals surface area contributed by atoms with E-state index in [9.17, 15) is 14.3 Å². The van der Waals surface area contributed by atoms with Crippen LogP contribution in [0.1, 0.15) is 32.3 Å². The van der Waals surface area contributed by atoms with E-state index in [1.807, 2.05) is 6.92 Å². The van der Waals surface area contributed by atoms with Crippen molar-refractivity contribution in [1.29, 1.82) is 0 Å². The summed E-state index contributed by atoms with van der Waals surface area (Å²) >= 11 is 0. The lowest BCUT2D eigenvalue weighted by Crippen LogP contribution is -2.50. The first kappa shape index (κ1) is 12.9. The monoisotopic (exact) mass is 251 g/mol. The summed E-state index contributed by atoms with van der Waals surface area (Å²) in [6, 6.07) is 4.51. The molecular formula is C14H18FNO2. The Kier molecular flexibility index (Phi) is 2.84. The Morgan fingerprint density at radius 3 is 2.50 bits per heavy atom. The van der Waals surface area contributed by atoms with Gasteiger partial charge in [0.1, 0.15) is 11.4 Å². The molecule has 1 fully saturated rings. The number of carboxylic acids is 1. The molecule has 2 N–H and O–H groups in total. The zero-order chi connectivity index (χ0) is 13.6. The van der Waals surface area contributed by atoms with Crippen molar-refractivity contribution in [2.24, 2.45) is 5.41 Å². The van der Waals surface area contributed by atoms with Gasteiger partial charge in [-0.2, -0.15) is 0 Å². The highest BCUT2D eigenvalue weighted by atomic mass is 19.1. The van der Waals surface area contributed by atoms with Crippen molar-refractivity contribution in [3.8, 4) is 0 Å². The zero-order valence-corrected chi connectivity index (χ0v) is 10.9. The molecule has 1 aliphatic carbocycles. The van der Waals surface area contributed by atoms with Crippen LogP contribution in [0.5, 0.6) is 0 Å². The summed E-state index contributed by atoms with van der Waals surface area (Å²) in [6.07, 6.45) is 1.74. The quantitative estimate of drug-likeness (QED) is 0.864. The molecule has 1 aromatic carbocycles. The van der Waals surface area contributed by atoms with E-state index >= 15 is 0 Å². The molecule has 0 heterocycles. The van der Waals surface area contributed by atoms with E-state index in [1.165, 1.54) is 12.1 Å². The summed E-state index contributed by atoms with van der Waals surface area (Å²) in [5, 5.41) is 12.5. The molecule has 0 aromatic heterocycles. The van der Waals surface area contributed by atoms with Gasteiger partial charge in [-0.3, -0.25) is 0 Å². The molecule has 1 aliphatic rings. The third kappa shape index (κ3) is 2.07. The minimum Gasteiger partial charge on any atom is -0.479 e. The van der Waals surface area contributed by atoms with Gasteiger partial charge in [-0.15, -0.1) is 0 Å². The minimum atomic E-state index is -1.06. The number of hydrogen-bond donors (Lipinski definition) is 2. The van der Waals surface area contributed by atoms with Gasteiger partial charge in [0, 0.05) is 11.1 Å². The van der Waals surface area contributed by atoms with E-state index in [-0.39, 0.29) is 11.2 Å². The van der Waals surface area contributed by atoms with Gasteiger partial charge in [0.2, 0.25) is 0 Å². The fraction of sp³-hybridized carbons (Fsp3) is 0.500. The maximum atomic E-state index is 13.3. The van der Waals surface area contributed by atoms with Gasteiger partial charge in [-0.1, -0.05) is 6.92 Å². The predicted octanol–water partition coefficient (Wildman–Crippen LogP) is 3.19. The van der Waals surface area contributed by atoms with E-state index in [4.69, 9.17) is 0 Å². The summed E-state index contributed by atoms with van der Waals surface area (Å²) in [4.78, 5) is 11.5. The Morgan fingerprint density at radius 1 is 1.44 bits per heavy atom. The molecule has 1 aromatic rings. The summed E-state index contributed by atoms with van der Waals surface area (Å²) < 4.78 is 13.3. The third-order valence-corrected chi connectivity index (χ3v) is 4.07. The smallest absolute Gasteiger partial charge is 0.329 e. The van der Waals surface area contributed by atoms with Crippen molar-refractivity contribution >= 4 is 11.7 Å². The van der Waals surface area contributed by atoms with Crippen molar-refractivity contribution in [3.05, 3.63) is 29.6 Å². The maximum absolute atomic E-state index is 13.3. The van der Waals surface area contributed by atoms with Crippen LogP contribution in [0.25, 0.3) is 0 Å². The Balaban J connectivity index is 2.32. The van der Waals surface area contributed by atoms with Crippen LogP contribution in [0.15, 0.2) is 18.2 Å². The van der Waals surface area contributed by atoms with Gasteiger partial charge < -0.3 is 10.4 Å². The second-order valence-corrected chi connectivity index (χ2v) is 5.63. The largest absolute Gasteiger partial charge is 0.479 e. The number of carbonyl (C=O) groups is 1. The van der Waals surface area contributed by atoms with E-state index in [1.54, 1.807) is 19.9 Å². The minimum absolute atomic E-state index is 0.265. The summed E-state index contributed by atoms with van der Waals surface area (Å²) in [5.74, 6) is -1.25. The van der Waals surface area contributed by atoms with Gasteiger partial charge in [0.25, 0.3) is 0 Å². The molecule has 1 atom stereocenters. The molecule has 1 saturated carbocycles. The Hall–Kier alpha value is -1.58.